The lowest BCUT2D eigenvalue weighted by Crippen LogP contribution is -2.48. The molecule has 2 bridgehead atoms. The molecule has 0 radical (unpaired) electrons. The predicted molar refractivity (Wildman–Crippen MR) is 162 cm³/mol. The van der Waals surface area contributed by atoms with E-state index in [1.165, 1.54) is 19.2 Å². The highest BCUT2D eigenvalue weighted by Gasteiger charge is 2.52. The van der Waals surface area contributed by atoms with Crippen molar-refractivity contribution in [3.05, 3.63) is 77.6 Å². The third-order valence-corrected chi connectivity index (χ3v) is 10.3. The zero-order chi connectivity index (χ0) is 34.3. The number of halogens is 4. The molecular weight excluding hydrogens is 646 g/mol. The van der Waals surface area contributed by atoms with Gasteiger partial charge < -0.3 is 26.2 Å². The zero-order valence-corrected chi connectivity index (χ0v) is 25.7. The molecule has 0 saturated heterocycles. The minimum absolute atomic E-state index is 0.00661. The third kappa shape index (κ3) is 6.81. The Balaban J connectivity index is 1.37. The number of carbonyl (C=O) groups is 3. The van der Waals surface area contributed by atoms with Crippen molar-refractivity contribution < 1.29 is 50.2 Å². The fraction of sp³-hybridized carbons (Fsp3) is 0.344. The summed E-state index contributed by atoms with van der Waals surface area (Å²) in [6, 6.07) is 10.8. The van der Waals surface area contributed by atoms with Crippen LogP contribution in [0.2, 0.25) is 0 Å². The SMILES string of the molecule is COc1cc(F)c(-c2ccc(CC(N)C(=O)O)cc2)cc1C(=O)N[C@@H]1[C@H]2CC[C@H](C2)[C@@H]1C(=O)Nc1cccc(S(=O)(=O)C(F)(F)F)c1. The number of methoxy groups -OCH3 is 1. The first-order valence-corrected chi connectivity index (χ1v) is 16.1. The number of benzene rings is 3. The minimum atomic E-state index is -5.64. The molecular formula is C32H31F4N3O7S. The van der Waals surface area contributed by atoms with Crippen LogP contribution in [0.4, 0.5) is 23.2 Å². The van der Waals surface area contributed by atoms with Gasteiger partial charge in [0.25, 0.3) is 15.7 Å². The molecule has 2 aliphatic carbocycles. The molecule has 5 rings (SSSR count). The molecule has 0 aliphatic heterocycles. The first-order chi connectivity index (χ1) is 22.1. The van der Waals surface area contributed by atoms with Crippen molar-refractivity contribution >= 4 is 33.3 Å². The Morgan fingerprint density at radius 3 is 2.36 bits per heavy atom. The van der Waals surface area contributed by atoms with E-state index in [0.717, 1.165) is 30.7 Å². The van der Waals surface area contributed by atoms with Crippen molar-refractivity contribution in [2.45, 2.75) is 48.2 Å². The van der Waals surface area contributed by atoms with Gasteiger partial charge in [0.2, 0.25) is 5.91 Å². The van der Waals surface area contributed by atoms with Crippen molar-refractivity contribution in [2.24, 2.45) is 23.5 Å². The number of carboxylic acid groups (broad SMARTS) is 1. The average molecular weight is 678 g/mol. The van der Waals surface area contributed by atoms with E-state index < -0.39 is 61.8 Å². The number of hydrogen-bond acceptors (Lipinski definition) is 7. The summed E-state index contributed by atoms with van der Waals surface area (Å²) in [6.07, 6.45) is 2.09. The summed E-state index contributed by atoms with van der Waals surface area (Å²) in [4.78, 5) is 37.2. The molecule has 0 aromatic heterocycles. The van der Waals surface area contributed by atoms with Crippen LogP contribution in [0.5, 0.6) is 5.75 Å². The second kappa shape index (κ2) is 13.0. The van der Waals surface area contributed by atoms with Crippen LogP contribution in [0.15, 0.2) is 65.6 Å². The van der Waals surface area contributed by atoms with Gasteiger partial charge in [-0.2, -0.15) is 13.2 Å². The van der Waals surface area contributed by atoms with Crippen LogP contribution in [-0.2, 0) is 25.8 Å². The van der Waals surface area contributed by atoms with E-state index in [0.29, 0.717) is 24.0 Å². The number of carboxylic acids is 1. The quantitative estimate of drug-likeness (QED) is 0.227. The molecule has 3 aromatic rings. The summed E-state index contributed by atoms with van der Waals surface area (Å²) in [6.45, 7) is 0. The van der Waals surface area contributed by atoms with Gasteiger partial charge in [-0.15, -0.1) is 0 Å². The molecule has 2 fully saturated rings. The van der Waals surface area contributed by atoms with Crippen molar-refractivity contribution in [2.75, 3.05) is 12.4 Å². The van der Waals surface area contributed by atoms with E-state index in [2.05, 4.69) is 10.6 Å². The van der Waals surface area contributed by atoms with E-state index in [1.807, 2.05) is 0 Å². The molecule has 2 amide bonds. The Morgan fingerprint density at radius 2 is 1.72 bits per heavy atom. The van der Waals surface area contributed by atoms with E-state index in [4.69, 9.17) is 15.6 Å². The fourth-order valence-electron chi connectivity index (χ4n) is 6.49. The normalized spacial score (nSPS) is 21.2. The molecule has 15 heteroatoms. The highest BCUT2D eigenvalue weighted by atomic mass is 32.2. The van der Waals surface area contributed by atoms with Gasteiger partial charge in [-0.25, -0.2) is 12.8 Å². The van der Waals surface area contributed by atoms with Gasteiger partial charge in [-0.3, -0.25) is 14.4 Å². The van der Waals surface area contributed by atoms with E-state index in [9.17, 15) is 36.0 Å². The second-order valence-electron chi connectivity index (χ2n) is 11.7. The Hall–Kier alpha value is -4.50. The number of sulfone groups is 1. The monoisotopic (exact) mass is 677 g/mol. The summed E-state index contributed by atoms with van der Waals surface area (Å²) in [5.41, 5.74) is 1.02. The number of fused-ring (bicyclic) bond motifs is 2. The number of anilines is 1. The molecule has 5 atom stereocenters. The summed E-state index contributed by atoms with van der Waals surface area (Å²) >= 11 is 0. The molecule has 10 nitrogen and oxygen atoms in total. The summed E-state index contributed by atoms with van der Waals surface area (Å²) in [7, 11) is -4.37. The van der Waals surface area contributed by atoms with Crippen LogP contribution in [0.3, 0.4) is 0 Å². The average Bonchev–Trinajstić information content (AvgIpc) is 3.63. The maximum atomic E-state index is 15.2. The van der Waals surface area contributed by atoms with Crippen molar-refractivity contribution in [3.8, 4) is 16.9 Å². The van der Waals surface area contributed by atoms with Gasteiger partial charge in [0.05, 0.1) is 23.5 Å². The number of ether oxygens (including phenoxy) is 1. The van der Waals surface area contributed by atoms with Crippen LogP contribution < -0.4 is 21.1 Å². The number of rotatable bonds is 10. The molecule has 0 heterocycles. The first-order valence-electron chi connectivity index (χ1n) is 14.6. The van der Waals surface area contributed by atoms with Gasteiger partial charge in [0, 0.05) is 23.4 Å². The topological polar surface area (TPSA) is 165 Å². The number of nitrogens with two attached hydrogens (primary N) is 1. The van der Waals surface area contributed by atoms with Crippen molar-refractivity contribution in [1.82, 2.24) is 5.32 Å². The van der Waals surface area contributed by atoms with E-state index in [1.54, 1.807) is 24.3 Å². The molecule has 2 saturated carbocycles. The third-order valence-electron chi connectivity index (χ3n) is 8.81. The van der Waals surface area contributed by atoms with Gasteiger partial charge >= 0.3 is 11.5 Å². The molecule has 5 N–H and O–H groups in total. The molecule has 2 aliphatic rings. The summed E-state index contributed by atoms with van der Waals surface area (Å²) in [5, 5.41) is 14.5. The fourth-order valence-corrected chi connectivity index (χ4v) is 7.30. The number of carbonyl (C=O) groups excluding carboxylic acids is 2. The molecule has 47 heavy (non-hydrogen) atoms. The first kappa shape index (κ1) is 33.9. The maximum absolute atomic E-state index is 15.2. The summed E-state index contributed by atoms with van der Waals surface area (Å²) in [5.74, 6) is -4.10. The van der Waals surface area contributed by atoms with Gasteiger partial charge in [0.1, 0.15) is 17.6 Å². The number of aliphatic carboxylic acids is 1. The van der Waals surface area contributed by atoms with Crippen molar-refractivity contribution in [1.29, 1.82) is 0 Å². The Bertz CT molecular complexity index is 1820. The Morgan fingerprint density at radius 1 is 1.04 bits per heavy atom. The van der Waals surface area contributed by atoms with E-state index in [-0.39, 0.29) is 40.8 Å². The largest absolute Gasteiger partial charge is 0.501 e. The number of alkyl halides is 3. The smallest absolute Gasteiger partial charge is 0.496 e. The molecule has 1 unspecified atom stereocenters. The lowest BCUT2D eigenvalue weighted by molar-refractivity contribution is -0.138. The van der Waals surface area contributed by atoms with Crippen molar-refractivity contribution in [3.63, 3.8) is 0 Å². The number of nitrogens with one attached hydrogen (secondary N) is 2. The lowest BCUT2D eigenvalue weighted by atomic mass is 9.83. The molecule has 3 aromatic carbocycles. The van der Waals surface area contributed by atoms with Crippen LogP contribution in [-0.4, -0.2) is 56.0 Å². The van der Waals surface area contributed by atoms with Crippen LogP contribution >= 0.6 is 0 Å². The standard InChI is InChI=1S/C32H31F4N3O7S/c1-46-26-15-24(33)22(17-7-5-16(6-8-17)11-25(37)31(42)43)14-23(26)29(40)39-28-19-10-9-18(12-19)27(28)30(41)38-20-3-2-4-21(13-20)47(44,45)32(34,35)36/h2-8,13-15,18-19,25,27-28H,9-12,37H2,1H3,(H,38,41)(H,39,40)(H,42,43)/t18-,19+,25?,27+,28-/m1/s1. The Labute approximate surface area is 267 Å². The predicted octanol–water partition coefficient (Wildman–Crippen LogP) is 4.53. The molecule has 250 valence electrons. The van der Waals surface area contributed by atoms with E-state index >= 15 is 4.39 Å². The van der Waals surface area contributed by atoms with Gasteiger partial charge in [0.15, 0.2) is 0 Å². The van der Waals surface area contributed by atoms with Crippen LogP contribution in [0, 0.1) is 23.6 Å². The zero-order valence-electron chi connectivity index (χ0n) is 24.9. The number of amides is 2. The van der Waals surface area contributed by atoms with Gasteiger partial charge in [-0.1, -0.05) is 30.3 Å². The summed E-state index contributed by atoms with van der Waals surface area (Å²) < 4.78 is 83.5. The highest BCUT2D eigenvalue weighted by molar-refractivity contribution is 7.92. The minimum Gasteiger partial charge on any atom is -0.496 e. The van der Waals surface area contributed by atoms with Gasteiger partial charge in [-0.05, 0) is 72.9 Å². The second-order valence-corrected chi connectivity index (χ2v) is 13.6. The number of hydrogen-bond donors (Lipinski definition) is 4. The van der Waals surface area contributed by atoms with Crippen LogP contribution in [0.25, 0.3) is 11.1 Å². The Kier molecular flexibility index (Phi) is 9.33. The lowest BCUT2D eigenvalue weighted by Gasteiger charge is -2.31. The maximum Gasteiger partial charge on any atom is 0.501 e. The molecule has 0 spiro atoms. The van der Waals surface area contributed by atoms with Crippen LogP contribution in [0.1, 0.15) is 35.2 Å². The highest BCUT2D eigenvalue weighted by Crippen LogP contribution is 2.49.